The Labute approximate surface area is 267 Å². The highest BCUT2D eigenvalue weighted by molar-refractivity contribution is 5.95. The van der Waals surface area contributed by atoms with Crippen molar-refractivity contribution in [3.8, 4) is 0 Å². The van der Waals surface area contributed by atoms with Gasteiger partial charge in [-0.25, -0.2) is 0 Å². The van der Waals surface area contributed by atoms with E-state index in [0.29, 0.717) is 44.6 Å². The predicted octanol–water partition coefficient (Wildman–Crippen LogP) is 2.04. The minimum absolute atomic E-state index is 0.0172. The van der Waals surface area contributed by atoms with E-state index in [0.717, 1.165) is 25.0 Å². The first-order valence-corrected chi connectivity index (χ1v) is 17.7. The van der Waals surface area contributed by atoms with Gasteiger partial charge in [0.2, 0.25) is 0 Å². The smallest absolute Gasteiger partial charge is 0.159 e. The molecule has 1 spiro atoms. The number of nitrogens with two attached hydrogens (primary N) is 1. The predicted molar refractivity (Wildman–Crippen MR) is 168 cm³/mol. The molecular formula is C36H56N2O7. The summed E-state index contributed by atoms with van der Waals surface area (Å²) in [5.41, 5.74) is 2.63. The van der Waals surface area contributed by atoms with Crippen LogP contribution < -0.4 is 11.1 Å². The van der Waals surface area contributed by atoms with Gasteiger partial charge in [0.05, 0.1) is 35.7 Å². The van der Waals surface area contributed by atoms with E-state index in [2.05, 4.69) is 38.2 Å². The van der Waals surface area contributed by atoms with Gasteiger partial charge < -0.3 is 41.3 Å². The second-order valence-corrected chi connectivity index (χ2v) is 17.0. The Kier molecular flexibility index (Phi) is 7.86. The van der Waals surface area contributed by atoms with Crippen LogP contribution in [0.2, 0.25) is 0 Å². The lowest BCUT2D eigenvalue weighted by Gasteiger charge is -2.63. The molecule has 7 aliphatic rings. The van der Waals surface area contributed by atoms with Crippen LogP contribution in [0, 0.1) is 58.2 Å². The lowest BCUT2D eigenvalue weighted by molar-refractivity contribution is -0.201. The number of ketones is 1. The van der Waals surface area contributed by atoms with Crippen molar-refractivity contribution in [2.24, 2.45) is 63.9 Å². The SMILES string of the molecule is CC1COC(C(O)C(C)(O)C2CCC3(O)C4=CC(=O)C5CC(O)C(O)CC56CC(C5CCC(N)NC5)C=CC(CC23C)C46)C1C. The van der Waals surface area contributed by atoms with Crippen LogP contribution in [0.15, 0.2) is 23.8 Å². The molecule has 252 valence electrons. The topological polar surface area (TPSA) is 166 Å². The molecule has 2 saturated heterocycles. The lowest BCUT2D eigenvalue weighted by atomic mass is 9.42. The number of piperidine rings is 1. The van der Waals surface area contributed by atoms with Crippen molar-refractivity contribution in [1.29, 1.82) is 0 Å². The number of nitrogens with one attached hydrogen (secondary N) is 1. The molecule has 2 heterocycles. The van der Waals surface area contributed by atoms with Gasteiger partial charge in [-0.1, -0.05) is 32.9 Å². The molecule has 5 fully saturated rings. The number of aliphatic hydroxyl groups excluding tert-OH is 3. The Bertz CT molecular complexity index is 1250. The molecule has 5 aliphatic carbocycles. The van der Waals surface area contributed by atoms with Crippen LogP contribution in [0.25, 0.3) is 0 Å². The first kappa shape index (κ1) is 32.4. The number of aliphatic hydroxyl groups is 5. The molecule has 17 atom stereocenters. The van der Waals surface area contributed by atoms with Gasteiger partial charge in [-0.05, 0) is 123 Å². The van der Waals surface area contributed by atoms with E-state index in [9.17, 15) is 30.3 Å². The third kappa shape index (κ3) is 4.58. The molecule has 3 saturated carbocycles. The summed E-state index contributed by atoms with van der Waals surface area (Å²) in [5, 5.41) is 62.4. The van der Waals surface area contributed by atoms with Crippen LogP contribution >= 0.6 is 0 Å². The highest BCUT2D eigenvalue weighted by atomic mass is 16.5. The quantitative estimate of drug-likeness (QED) is 0.231. The van der Waals surface area contributed by atoms with E-state index in [4.69, 9.17) is 10.5 Å². The maximum atomic E-state index is 14.2. The number of hydrogen-bond donors (Lipinski definition) is 7. The average Bonchev–Trinajstić information content (AvgIpc) is 3.41. The summed E-state index contributed by atoms with van der Waals surface area (Å²) < 4.78 is 6.02. The third-order valence-electron chi connectivity index (χ3n) is 14.8. The summed E-state index contributed by atoms with van der Waals surface area (Å²) >= 11 is 0. The van der Waals surface area contributed by atoms with Crippen molar-refractivity contribution in [1.82, 2.24) is 5.32 Å². The molecule has 0 aromatic rings. The maximum absolute atomic E-state index is 14.2. The lowest BCUT2D eigenvalue weighted by Crippen LogP contribution is -2.66. The van der Waals surface area contributed by atoms with Crippen molar-refractivity contribution in [2.75, 3.05) is 13.2 Å². The average molecular weight is 629 g/mol. The summed E-state index contributed by atoms with van der Waals surface area (Å²) in [4.78, 5) is 14.2. The maximum Gasteiger partial charge on any atom is 0.159 e. The normalized spacial score (nSPS) is 54.7. The monoisotopic (exact) mass is 628 g/mol. The van der Waals surface area contributed by atoms with Crippen molar-refractivity contribution in [2.45, 2.75) is 121 Å². The molecule has 0 bridgehead atoms. The second-order valence-electron chi connectivity index (χ2n) is 17.0. The third-order valence-corrected chi connectivity index (χ3v) is 14.8. The van der Waals surface area contributed by atoms with E-state index in [-0.39, 0.29) is 48.0 Å². The van der Waals surface area contributed by atoms with Gasteiger partial charge in [-0.15, -0.1) is 0 Å². The van der Waals surface area contributed by atoms with Crippen LogP contribution in [0.5, 0.6) is 0 Å². The molecule has 0 aromatic carbocycles. The summed E-state index contributed by atoms with van der Waals surface area (Å²) in [6, 6.07) is 0. The minimum atomic E-state index is -1.52. The molecule has 17 unspecified atom stereocenters. The molecule has 0 radical (unpaired) electrons. The fourth-order valence-electron chi connectivity index (χ4n) is 12.0. The molecule has 2 aliphatic heterocycles. The molecule has 8 N–H and O–H groups in total. The molecule has 0 amide bonds. The highest BCUT2D eigenvalue weighted by Gasteiger charge is 2.72. The number of rotatable bonds is 4. The van der Waals surface area contributed by atoms with Crippen molar-refractivity contribution >= 4 is 5.78 Å². The number of allylic oxidation sites excluding steroid dienone is 3. The van der Waals surface area contributed by atoms with Gasteiger partial charge in [0, 0.05) is 17.9 Å². The van der Waals surface area contributed by atoms with Crippen molar-refractivity contribution in [3.63, 3.8) is 0 Å². The van der Waals surface area contributed by atoms with E-state index in [1.54, 1.807) is 13.0 Å². The molecule has 9 nitrogen and oxygen atoms in total. The van der Waals surface area contributed by atoms with E-state index in [1.807, 2.05) is 0 Å². The van der Waals surface area contributed by atoms with Gasteiger partial charge in [-0.2, -0.15) is 0 Å². The van der Waals surface area contributed by atoms with Gasteiger partial charge in [0.1, 0.15) is 6.10 Å². The van der Waals surface area contributed by atoms with E-state index >= 15 is 0 Å². The fourth-order valence-corrected chi connectivity index (χ4v) is 12.0. The standard InChI is InChI=1S/C36H56N2O7/c1-18-17-45-31(19(18)2)32(42)34(4,43)28-9-10-36(44)24-12-25(39)23-11-26(40)27(41)15-35(23)14-20(22-7-8-29(37)38-16-22)5-6-21(30(24)35)13-33(28,36)3/h5-6,12,18-23,26-32,38,40-44H,7-11,13-17,37H2,1-4H3. The zero-order valence-corrected chi connectivity index (χ0v) is 27.4. The number of hydrogen-bond acceptors (Lipinski definition) is 9. The summed E-state index contributed by atoms with van der Waals surface area (Å²) in [6.07, 6.45) is 7.43. The number of carbonyl (C=O) groups excluding carboxylic acids is 1. The molecule has 45 heavy (non-hydrogen) atoms. The van der Waals surface area contributed by atoms with Gasteiger partial charge in [0.15, 0.2) is 5.78 Å². The zero-order valence-electron chi connectivity index (χ0n) is 27.4. The van der Waals surface area contributed by atoms with Gasteiger partial charge >= 0.3 is 0 Å². The largest absolute Gasteiger partial charge is 0.390 e. The Balaban J connectivity index is 1.31. The Morgan fingerprint density at radius 2 is 1.82 bits per heavy atom. The number of carbonyl (C=O) groups is 1. The summed E-state index contributed by atoms with van der Waals surface area (Å²) in [5.74, 6) is -0.246. The van der Waals surface area contributed by atoms with Gasteiger partial charge in [0.25, 0.3) is 0 Å². The fraction of sp³-hybridized carbons (Fsp3) is 0.861. The van der Waals surface area contributed by atoms with Crippen LogP contribution in [0.1, 0.15) is 79.1 Å². The summed E-state index contributed by atoms with van der Waals surface area (Å²) in [6.45, 7) is 9.26. The number of ether oxygens (including phenoxy) is 1. The minimum Gasteiger partial charge on any atom is -0.390 e. The van der Waals surface area contributed by atoms with E-state index in [1.165, 1.54) is 0 Å². The second kappa shape index (κ2) is 10.9. The Hall–Kier alpha value is -1.17. The molecule has 0 aromatic heterocycles. The Morgan fingerprint density at radius 3 is 2.49 bits per heavy atom. The van der Waals surface area contributed by atoms with Crippen molar-refractivity contribution < 1.29 is 35.1 Å². The zero-order chi connectivity index (χ0) is 32.3. The van der Waals surface area contributed by atoms with Crippen LogP contribution in [0.4, 0.5) is 0 Å². The first-order valence-electron chi connectivity index (χ1n) is 17.7. The van der Waals surface area contributed by atoms with E-state index < -0.39 is 58.3 Å². The van der Waals surface area contributed by atoms with Crippen molar-refractivity contribution in [3.05, 3.63) is 23.8 Å². The first-order chi connectivity index (χ1) is 21.1. The van der Waals surface area contributed by atoms with Gasteiger partial charge in [-0.3, -0.25) is 4.79 Å². The number of fused-ring (bicyclic) bond motifs is 2. The molecule has 7 rings (SSSR count). The molecule has 9 heteroatoms. The van der Waals surface area contributed by atoms with Crippen LogP contribution in [0.3, 0.4) is 0 Å². The Morgan fingerprint density at radius 1 is 1.09 bits per heavy atom. The molecular weight excluding hydrogens is 572 g/mol. The summed E-state index contributed by atoms with van der Waals surface area (Å²) in [7, 11) is 0. The highest BCUT2D eigenvalue weighted by Crippen LogP contribution is 2.72. The van der Waals surface area contributed by atoms with Crippen LogP contribution in [-0.2, 0) is 9.53 Å². The van der Waals surface area contributed by atoms with Crippen LogP contribution in [-0.4, -0.2) is 86.3 Å².